The van der Waals surface area contributed by atoms with E-state index in [9.17, 15) is 9.18 Å². The summed E-state index contributed by atoms with van der Waals surface area (Å²) in [5.41, 5.74) is 3.85. The Morgan fingerprint density at radius 1 is 1.73 bits per heavy atom. The highest BCUT2D eigenvalue weighted by atomic mass is 19.1. The number of hydrogen-bond acceptors (Lipinski definition) is 2. The van der Waals surface area contributed by atoms with Crippen LogP contribution in [0.25, 0.3) is 0 Å². The van der Waals surface area contributed by atoms with Crippen LogP contribution in [0.5, 0.6) is 0 Å². The van der Waals surface area contributed by atoms with Crippen molar-refractivity contribution in [3.05, 3.63) is 0 Å². The smallest absolute Gasteiger partial charge is 0.313 e. The minimum absolute atomic E-state index is 0.132. The fourth-order valence-corrected chi connectivity index (χ4v) is 0.953. The van der Waals surface area contributed by atoms with E-state index in [4.69, 9.17) is 10.8 Å². The van der Waals surface area contributed by atoms with Crippen LogP contribution in [-0.4, -0.2) is 24.3 Å². The standard InChI is InChI=1S/C7H14FNO2/c1-2-3-7(4-8,5-9)6(10)11/h2-5,9H2,1H3,(H,10,11). The van der Waals surface area contributed by atoms with Crippen LogP contribution in [0.1, 0.15) is 19.8 Å². The second-order valence-electron chi connectivity index (χ2n) is 2.67. The molecule has 0 aliphatic heterocycles. The summed E-state index contributed by atoms with van der Waals surface area (Å²) in [5, 5.41) is 8.63. The van der Waals surface area contributed by atoms with Gasteiger partial charge < -0.3 is 10.8 Å². The summed E-state index contributed by atoms with van der Waals surface area (Å²) in [6.07, 6.45) is 0.933. The SMILES string of the molecule is CCCC(CN)(CF)C(=O)O. The number of hydrogen-bond donors (Lipinski definition) is 2. The highest BCUT2D eigenvalue weighted by Crippen LogP contribution is 2.23. The lowest BCUT2D eigenvalue weighted by Gasteiger charge is -2.23. The first-order chi connectivity index (χ1) is 5.13. The van der Waals surface area contributed by atoms with E-state index >= 15 is 0 Å². The maximum absolute atomic E-state index is 12.3. The van der Waals surface area contributed by atoms with Gasteiger partial charge in [-0.25, -0.2) is 4.39 Å². The number of carbonyl (C=O) groups is 1. The van der Waals surface area contributed by atoms with E-state index in [0.29, 0.717) is 12.8 Å². The topological polar surface area (TPSA) is 63.3 Å². The second-order valence-corrected chi connectivity index (χ2v) is 2.67. The lowest BCUT2D eigenvalue weighted by atomic mass is 9.85. The molecular formula is C7H14FNO2. The van der Waals surface area contributed by atoms with Crippen molar-refractivity contribution in [1.82, 2.24) is 0 Å². The Morgan fingerprint density at radius 2 is 2.27 bits per heavy atom. The van der Waals surface area contributed by atoms with Gasteiger partial charge in [-0.3, -0.25) is 4.79 Å². The summed E-state index contributed by atoms with van der Waals surface area (Å²) in [5.74, 6) is -1.13. The zero-order chi connectivity index (χ0) is 8.91. The van der Waals surface area contributed by atoms with Gasteiger partial charge in [0, 0.05) is 6.54 Å². The van der Waals surface area contributed by atoms with Crippen LogP contribution >= 0.6 is 0 Å². The van der Waals surface area contributed by atoms with E-state index in [-0.39, 0.29) is 6.54 Å². The molecule has 0 aliphatic rings. The number of carboxylic acids is 1. The van der Waals surface area contributed by atoms with Crippen LogP contribution in [0.3, 0.4) is 0 Å². The molecule has 3 N–H and O–H groups in total. The predicted molar refractivity (Wildman–Crippen MR) is 40.0 cm³/mol. The van der Waals surface area contributed by atoms with Crippen LogP contribution < -0.4 is 5.73 Å². The summed E-state index contributed by atoms with van der Waals surface area (Å²) in [4.78, 5) is 10.6. The molecule has 0 aromatic carbocycles. The quantitative estimate of drug-likeness (QED) is 0.629. The molecule has 0 heterocycles. The number of alkyl halides is 1. The van der Waals surface area contributed by atoms with E-state index in [1.165, 1.54) is 0 Å². The first kappa shape index (κ1) is 10.4. The van der Waals surface area contributed by atoms with Crippen LogP contribution in [-0.2, 0) is 4.79 Å². The molecule has 0 saturated carbocycles. The van der Waals surface area contributed by atoms with E-state index in [1.54, 1.807) is 0 Å². The predicted octanol–water partition coefficient (Wildman–Crippen LogP) is 0.786. The van der Waals surface area contributed by atoms with Crippen LogP contribution in [0.15, 0.2) is 0 Å². The Balaban J connectivity index is 4.32. The van der Waals surface area contributed by atoms with Crippen LogP contribution in [0.4, 0.5) is 4.39 Å². The highest BCUT2D eigenvalue weighted by molar-refractivity contribution is 5.75. The molecule has 3 nitrogen and oxygen atoms in total. The average Bonchev–Trinajstić information content (AvgIpc) is 2.00. The summed E-state index contributed by atoms with van der Waals surface area (Å²) in [7, 11) is 0. The fraction of sp³-hybridized carbons (Fsp3) is 0.857. The molecule has 0 aromatic rings. The molecule has 0 aliphatic carbocycles. The van der Waals surface area contributed by atoms with Crippen molar-refractivity contribution < 1.29 is 14.3 Å². The Morgan fingerprint density at radius 3 is 2.36 bits per heavy atom. The van der Waals surface area contributed by atoms with E-state index in [1.807, 2.05) is 6.92 Å². The van der Waals surface area contributed by atoms with Gasteiger partial charge in [0.2, 0.25) is 0 Å². The second kappa shape index (κ2) is 4.28. The maximum atomic E-state index is 12.3. The van der Waals surface area contributed by atoms with Gasteiger partial charge in [-0.1, -0.05) is 13.3 Å². The zero-order valence-corrected chi connectivity index (χ0v) is 6.64. The van der Waals surface area contributed by atoms with Crippen molar-refractivity contribution in [2.45, 2.75) is 19.8 Å². The van der Waals surface area contributed by atoms with Gasteiger partial charge in [0.25, 0.3) is 0 Å². The van der Waals surface area contributed by atoms with Crippen LogP contribution in [0, 0.1) is 5.41 Å². The molecule has 0 fully saturated rings. The Hall–Kier alpha value is -0.640. The van der Waals surface area contributed by atoms with Gasteiger partial charge in [0.15, 0.2) is 0 Å². The van der Waals surface area contributed by atoms with Gasteiger partial charge in [-0.15, -0.1) is 0 Å². The number of nitrogens with two attached hydrogens (primary N) is 1. The van der Waals surface area contributed by atoms with Crippen molar-refractivity contribution >= 4 is 5.97 Å². The van der Waals surface area contributed by atoms with Crippen molar-refractivity contribution in [2.24, 2.45) is 11.1 Å². The molecule has 0 rings (SSSR count). The van der Waals surface area contributed by atoms with E-state index in [2.05, 4.69) is 0 Å². The zero-order valence-electron chi connectivity index (χ0n) is 6.64. The molecule has 0 spiro atoms. The van der Waals surface area contributed by atoms with Crippen molar-refractivity contribution in [3.8, 4) is 0 Å². The van der Waals surface area contributed by atoms with Crippen LogP contribution in [0.2, 0.25) is 0 Å². The Bertz CT molecular complexity index is 134. The lowest BCUT2D eigenvalue weighted by molar-refractivity contribution is -0.149. The minimum Gasteiger partial charge on any atom is -0.481 e. The third kappa shape index (κ3) is 2.15. The summed E-state index contributed by atoms with van der Waals surface area (Å²) < 4.78 is 12.3. The molecule has 0 amide bonds. The molecule has 4 heteroatoms. The third-order valence-corrected chi connectivity index (χ3v) is 1.83. The molecule has 0 radical (unpaired) electrons. The third-order valence-electron chi connectivity index (χ3n) is 1.83. The fourth-order valence-electron chi connectivity index (χ4n) is 0.953. The molecule has 0 saturated heterocycles. The van der Waals surface area contributed by atoms with E-state index in [0.717, 1.165) is 0 Å². The summed E-state index contributed by atoms with van der Waals surface area (Å²) in [6, 6.07) is 0. The maximum Gasteiger partial charge on any atom is 0.313 e. The molecule has 0 bridgehead atoms. The van der Waals surface area contributed by atoms with Crippen molar-refractivity contribution in [1.29, 1.82) is 0 Å². The average molecular weight is 163 g/mol. The van der Waals surface area contributed by atoms with Gasteiger partial charge in [-0.2, -0.15) is 0 Å². The number of aliphatic carboxylic acids is 1. The largest absolute Gasteiger partial charge is 0.481 e. The van der Waals surface area contributed by atoms with Gasteiger partial charge >= 0.3 is 5.97 Å². The molecular weight excluding hydrogens is 149 g/mol. The molecule has 1 unspecified atom stereocenters. The van der Waals surface area contributed by atoms with Gasteiger partial charge in [-0.05, 0) is 6.42 Å². The molecule has 11 heavy (non-hydrogen) atoms. The normalized spacial score (nSPS) is 15.9. The van der Waals surface area contributed by atoms with Crippen molar-refractivity contribution in [2.75, 3.05) is 13.2 Å². The lowest BCUT2D eigenvalue weighted by Crippen LogP contribution is -2.40. The van der Waals surface area contributed by atoms with Gasteiger partial charge in [0.05, 0.1) is 0 Å². The Labute approximate surface area is 65.4 Å². The van der Waals surface area contributed by atoms with E-state index < -0.39 is 18.1 Å². The molecule has 1 atom stereocenters. The monoisotopic (exact) mass is 163 g/mol. The molecule has 0 aromatic heterocycles. The summed E-state index contributed by atoms with van der Waals surface area (Å²) in [6.45, 7) is 0.794. The molecule has 66 valence electrons. The van der Waals surface area contributed by atoms with Gasteiger partial charge in [0.1, 0.15) is 12.1 Å². The first-order valence-corrected chi connectivity index (χ1v) is 3.62. The highest BCUT2D eigenvalue weighted by Gasteiger charge is 2.36. The number of halogens is 1. The summed E-state index contributed by atoms with van der Waals surface area (Å²) >= 11 is 0. The number of carboxylic acid groups (broad SMARTS) is 1. The minimum atomic E-state index is -1.34. The first-order valence-electron chi connectivity index (χ1n) is 3.62. The Kier molecular flexibility index (Phi) is 4.03. The van der Waals surface area contributed by atoms with Crippen molar-refractivity contribution in [3.63, 3.8) is 0 Å². The number of rotatable bonds is 5.